The normalized spacial score (nSPS) is 10.3. The van der Waals surface area contributed by atoms with Gasteiger partial charge in [-0.15, -0.1) is 11.8 Å². The van der Waals surface area contributed by atoms with Crippen molar-refractivity contribution in [2.24, 2.45) is 0 Å². The Hall–Kier alpha value is -1.21. The Morgan fingerprint density at radius 1 is 0.875 bits per heavy atom. The van der Waals surface area contributed by atoms with Crippen LogP contribution in [0.15, 0.2) is 59.5 Å². The number of benzene rings is 2. The van der Waals surface area contributed by atoms with E-state index in [9.17, 15) is 0 Å². The summed E-state index contributed by atoms with van der Waals surface area (Å²) in [5.74, 6) is 1.18. The molecule has 0 saturated carbocycles. The van der Waals surface area contributed by atoms with Gasteiger partial charge in [-0.3, -0.25) is 0 Å². The zero-order valence-corrected chi connectivity index (χ0v) is 10.3. The number of rotatable bonds is 4. The third-order valence-corrected chi connectivity index (χ3v) is 3.71. The third kappa shape index (κ3) is 2.67. The Balaban J connectivity index is 2.33. The zero-order valence-electron chi connectivity index (χ0n) is 9.52. The fraction of sp³-hybridized carbons (Fsp3) is 0.200. The summed E-state index contributed by atoms with van der Waals surface area (Å²) < 4.78 is 0. The summed E-state index contributed by atoms with van der Waals surface area (Å²) in [5, 5.41) is 0. The van der Waals surface area contributed by atoms with E-state index in [1.165, 1.54) is 28.2 Å². The molecule has 0 aliphatic heterocycles. The summed E-state index contributed by atoms with van der Waals surface area (Å²) in [7, 11) is 0. The van der Waals surface area contributed by atoms with Crippen LogP contribution in [0.5, 0.6) is 0 Å². The van der Waals surface area contributed by atoms with Gasteiger partial charge in [-0.1, -0.05) is 55.5 Å². The van der Waals surface area contributed by atoms with Gasteiger partial charge in [0, 0.05) is 4.90 Å². The Kier molecular flexibility index (Phi) is 4.06. The van der Waals surface area contributed by atoms with Gasteiger partial charge in [0.05, 0.1) is 0 Å². The minimum absolute atomic E-state index is 1.18. The van der Waals surface area contributed by atoms with Crippen LogP contribution in [-0.2, 0) is 0 Å². The first-order valence-electron chi connectivity index (χ1n) is 5.69. The zero-order chi connectivity index (χ0) is 11.2. The molecule has 0 aliphatic carbocycles. The minimum Gasteiger partial charge on any atom is -0.126 e. The third-order valence-electron chi connectivity index (χ3n) is 2.43. The summed E-state index contributed by atoms with van der Waals surface area (Å²) in [4.78, 5) is 1.38. The van der Waals surface area contributed by atoms with Crippen molar-refractivity contribution in [2.75, 3.05) is 5.75 Å². The van der Waals surface area contributed by atoms with Gasteiger partial charge in [0.1, 0.15) is 0 Å². The molecular weight excluding hydrogens is 212 g/mol. The molecule has 0 saturated heterocycles. The van der Waals surface area contributed by atoms with Crippen molar-refractivity contribution in [3.05, 3.63) is 54.6 Å². The summed E-state index contributed by atoms with van der Waals surface area (Å²) in [6.45, 7) is 2.22. The molecule has 0 fully saturated rings. The summed E-state index contributed by atoms with van der Waals surface area (Å²) in [6.07, 6.45) is 1.22. The summed E-state index contributed by atoms with van der Waals surface area (Å²) >= 11 is 1.94. The number of thioether (sulfide) groups is 1. The van der Waals surface area contributed by atoms with Crippen molar-refractivity contribution in [3.8, 4) is 11.1 Å². The highest BCUT2D eigenvalue weighted by Crippen LogP contribution is 2.31. The average Bonchev–Trinajstić information content (AvgIpc) is 2.38. The van der Waals surface area contributed by atoms with Crippen LogP contribution >= 0.6 is 11.8 Å². The molecule has 0 spiro atoms. The topological polar surface area (TPSA) is 0 Å². The maximum atomic E-state index is 2.22. The van der Waals surface area contributed by atoms with Crippen LogP contribution in [0.1, 0.15) is 13.3 Å². The fourth-order valence-electron chi connectivity index (χ4n) is 1.66. The molecule has 2 aromatic carbocycles. The van der Waals surface area contributed by atoms with Crippen LogP contribution < -0.4 is 0 Å². The Morgan fingerprint density at radius 2 is 1.56 bits per heavy atom. The lowest BCUT2D eigenvalue weighted by molar-refractivity contribution is 1.10. The molecule has 0 unspecified atom stereocenters. The molecular formula is C15H16S. The van der Waals surface area contributed by atoms with Crippen LogP contribution in [-0.4, -0.2) is 5.75 Å². The highest BCUT2D eigenvalue weighted by atomic mass is 32.2. The first-order valence-corrected chi connectivity index (χ1v) is 6.67. The molecule has 0 aliphatic rings. The van der Waals surface area contributed by atoms with Crippen molar-refractivity contribution in [2.45, 2.75) is 18.2 Å². The SMILES string of the molecule is CCCSc1ccccc1-c1ccccc1. The Morgan fingerprint density at radius 3 is 2.31 bits per heavy atom. The molecule has 0 nitrogen and oxygen atoms in total. The molecule has 0 atom stereocenters. The predicted octanol–water partition coefficient (Wildman–Crippen LogP) is 4.86. The summed E-state index contributed by atoms with van der Waals surface area (Å²) in [5.41, 5.74) is 2.66. The quantitative estimate of drug-likeness (QED) is 0.674. The van der Waals surface area contributed by atoms with Crippen molar-refractivity contribution in [3.63, 3.8) is 0 Å². The molecule has 0 radical (unpaired) electrons. The fourth-order valence-corrected chi connectivity index (χ4v) is 2.60. The molecule has 2 aromatic rings. The standard InChI is InChI=1S/C15H16S/c1-2-12-16-15-11-7-6-10-14(15)13-8-4-3-5-9-13/h3-11H,2,12H2,1H3. The minimum atomic E-state index is 1.18. The van der Waals surface area contributed by atoms with Gasteiger partial charge in [-0.25, -0.2) is 0 Å². The lowest BCUT2D eigenvalue weighted by atomic mass is 10.1. The molecule has 16 heavy (non-hydrogen) atoms. The van der Waals surface area contributed by atoms with Crippen molar-refractivity contribution >= 4 is 11.8 Å². The highest BCUT2D eigenvalue weighted by Gasteiger charge is 2.03. The lowest BCUT2D eigenvalue weighted by Gasteiger charge is -2.08. The highest BCUT2D eigenvalue weighted by molar-refractivity contribution is 7.99. The molecule has 82 valence electrons. The van der Waals surface area contributed by atoms with E-state index in [1.54, 1.807) is 0 Å². The van der Waals surface area contributed by atoms with E-state index >= 15 is 0 Å². The number of hydrogen-bond acceptors (Lipinski definition) is 1. The van der Waals surface area contributed by atoms with Crippen molar-refractivity contribution in [1.29, 1.82) is 0 Å². The second kappa shape index (κ2) is 5.76. The molecule has 0 N–H and O–H groups in total. The molecule has 0 heterocycles. The van der Waals surface area contributed by atoms with E-state index in [4.69, 9.17) is 0 Å². The number of hydrogen-bond donors (Lipinski definition) is 0. The van der Waals surface area contributed by atoms with Crippen molar-refractivity contribution < 1.29 is 0 Å². The van der Waals surface area contributed by atoms with Crippen LogP contribution in [0.3, 0.4) is 0 Å². The second-order valence-corrected chi connectivity index (χ2v) is 4.85. The van der Waals surface area contributed by atoms with E-state index in [1.807, 2.05) is 11.8 Å². The average molecular weight is 228 g/mol. The molecule has 0 amide bonds. The van der Waals surface area contributed by atoms with Gasteiger partial charge in [0.25, 0.3) is 0 Å². The van der Waals surface area contributed by atoms with Gasteiger partial charge in [0.2, 0.25) is 0 Å². The van der Waals surface area contributed by atoms with E-state index in [-0.39, 0.29) is 0 Å². The van der Waals surface area contributed by atoms with E-state index in [0.717, 1.165) is 0 Å². The first kappa shape index (κ1) is 11.3. The van der Waals surface area contributed by atoms with Crippen LogP contribution in [0.2, 0.25) is 0 Å². The molecule has 1 heteroatoms. The van der Waals surface area contributed by atoms with Gasteiger partial charge in [-0.05, 0) is 29.4 Å². The van der Waals surface area contributed by atoms with Crippen LogP contribution in [0.25, 0.3) is 11.1 Å². The molecule has 0 aromatic heterocycles. The lowest BCUT2D eigenvalue weighted by Crippen LogP contribution is -1.83. The van der Waals surface area contributed by atoms with E-state index in [0.29, 0.717) is 0 Å². The monoisotopic (exact) mass is 228 g/mol. The maximum Gasteiger partial charge on any atom is 0.0150 e. The Bertz CT molecular complexity index is 434. The van der Waals surface area contributed by atoms with Crippen molar-refractivity contribution in [1.82, 2.24) is 0 Å². The predicted molar refractivity (Wildman–Crippen MR) is 72.9 cm³/mol. The molecule has 2 rings (SSSR count). The van der Waals surface area contributed by atoms with Gasteiger partial charge in [0.15, 0.2) is 0 Å². The van der Waals surface area contributed by atoms with Gasteiger partial charge in [-0.2, -0.15) is 0 Å². The largest absolute Gasteiger partial charge is 0.126 e. The van der Waals surface area contributed by atoms with E-state index in [2.05, 4.69) is 61.5 Å². The van der Waals surface area contributed by atoms with Gasteiger partial charge >= 0.3 is 0 Å². The van der Waals surface area contributed by atoms with E-state index < -0.39 is 0 Å². The maximum absolute atomic E-state index is 2.22. The second-order valence-electron chi connectivity index (χ2n) is 3.71. The molecule has 0 bridgehead atoms. The first-order chi connectivity index (χ1) is 7.92. The Labute approximate surface area is 102 Å². The van der Waals surface area contributed by atoms with Crippen LogP contribution in [0, 0.1) is 0 Å². The van der Waals surface area contributed by atoms with Crippen LogP contribution in [0.4, 0.5) is 0 Å². The smallest absolute Gasteiger partial charge is 0.0150 e. The van der Waals surface area contributed by atoms with Gasteiger partial charge < -0.3 is 0 Å². The summed E-state index contributed by atoms with van der Waals surface area (Å²) in [6, 6.07) is 19.2.